The third kappa shape index (κ3) is 5.11. The van der Waals surface area contributed by atoms with Crippen molar-refractivity contribution in [3.63, 3.8) is 0 Å². The standard InChI is InChI=1S/C23H23F2N7O/c1-4-32-12-20-23(31-32)30-21(11-27-20)28-14(3)16-8-19(18(25)9-17(16)24)29-22(33)7-15-6-5-13(2)10-26-15/h5-6,8-12,14H,4,7H2,1-3H3,(H,29,33)(H,28,30,31)/t14-/m0/s1. The Morgan fingerprint density at radius 2 is 1.97 bits per heavy atom. The summed E-state index contributed by atoms with van der Waals surface area (Å²) < 4.78 is 30.6. The van der Waals surface area contributed by atoms with Crippen molar-refractivity contribution in [3.8, 4) is 0 Å². The highest BCUT2D eigenvalue weighted by Crippen LogP contribution is 2.27. The number of nitrogens with zero attached hydrogens (tertiary/aromatic N) is 5. The van der Waals surface area contributed by atoms with Gasteiger partial charge in [0.25, 0.3) is 0 Å². The minimum Gasteiger partial charge on any atom is -0.362 e. The van der Waals surface area contributed by atoms with Crippen molar-refractivity contribution in [3.05, 3.63) is 71.3 Å². The van der Waals surface area contributed by atoms with Crippen LogP contribution in [0.1, 0.15) is 36.7 Å². The van der Waals surface area contributed by atoms with Crippen molar-refractivity contribution < 1.29 is 13.6 Å². The molecule has 0 aliphatic carbocycles. The van der Waals surface area contributed by atoms with Gasteiger partial charge in [-0.3, -0.25) is 14.5 Å². The molecule has 3 heterocycles. The van der Waals surface area contributed by atoms with Gasteiger partial charge in [0.15, 0.2) is 0 Å². The molecule has 8 nitrogen and oxygen atoms in total. The van der Waals surface area contributed by atoms with Crippen LogP contribution in [0.25, 0.3) is 11.2 Å². The van der Waals surface area contributed by atoms with Crippen LogP contribution in [-0.4, -0.2) is 30.6 Å². The fraction of sp³-hybridized carbons (Fsp3) is 0.261. The molecule has 10 heteroatoms. The normalized spacial score (nSPS) is 12.0. The monoisotopic (exact) mass is 451 g/mol. The number of fused-ring (bicyclic) bond motifs is 1. The van der Waals surface area contributed by atoms with Gasteiger partial charge >= 0.3 is 0 Å². The van der Waals surface area contributed by atoms with Gasteiger partial charge < -0.3 is 10.6 Å². The average Bonchev–Trinajstić information content (AvgIpc) is 3.19. The maximum absolute atomic E-state index is 14.6. The SMILES string of the molecule is CCn1cc2ncc(N[C@@H](C)c3cc(NC(=O)Cc4ccc(C)cn4)c(F)cc3F)nc2n1. The van der Waals surface area contributed by atoms with E-state index in [1.54, 1.807) is 30.1 Å². The molecular formula is C23H23F2N7O. The van der Waals surface area contributed by atoms with E-state index in [4.69, 9.17) is 0 Å². The zero-order valence-corrected chi connectivity index (χ0v) is 18.4. The second-order valence-electron chi connectivity index (χ2n) is 7.72. The molecule has 1 aromatic carbocycles. The molecule has 4 rings (SSSR count). The molecule has 0 bridgehead atoms. The zero-order chi connectivity index (χ0) is 23.5. The average molecular weight is 451 g/mol. The van der Waals surface area contributed by atoms with Crippen molar-refractivity contribution in [1.82, 2.24) is 24.7 Å². The fourth-order valence-electron chi connectivity index (χ4n) is 3.33. The third-order valence-corrected chi connectivity index (χ3v) is 5.11. The number of aryl methyl sites for hydroxylation is 2. The number of hydrogen-bond acceptors (Lipinski definition) is 6. The van der Waals surface area contributed by atoms with Gasteiger partial charge in [0.1, 0.15) is 23.0 Å². The molecular weight excluding hydrogens is 428 g/mol. The van der Waals surface area contributed by atoms with Gasteiger partial charge in [0, 0.05) is 30.1 Å². The summed E-state index contributed by atoms with van der Waals surface area (Å²) in [6, 6.07) is 5.02. The number of aromatic nitrogens is 5. The van der Waals surface area contributed by atoms with E-state index < -0.39 is 23.6 Å². The fourth-order valence-corrected chi connectivity index (χ4v) is 3.33. The van der Waals surface area contributed by atoms with E-state index in [2.05, 4.69) is 30.7 Å². The third-order valence-electron chi connectivity index (χ3n) is 5.11. The number of nitrogens with one attached hydrogen (secondary N) is 2. The van der Waals surface area contributed by atoms with Crippen LogP contribution >= 0.6 is 0 Å². The number of anilines is 2. The Kier molecular flexibility index (Phi) is 6.25. The first kappa shape index (κ1) is 22.3. The van der Waals surface area contributed by atoms with Crippen molar-refractivity contribution in [2.24, 2.45) is 0 Å². The van der Waals surface area contributed by atoms with Crippen LogP contribution in [0.4, 0.5) is 20.3 Å². The number of hydrogen-bond donors (Lipinski definition) is 2. The summed E-state index contributed by atoms with van der Waals surface area (Å²) in [4.78, 5) is 25.3. The molecule has 0 aliphatic rings. The minimum absolute atomic E-state index is 0.0275. The lowest BCUT2D eigenvalue weighted by Gasteiger charge is -2.17. The quantitative estimate of drug-likeness (QED) is 0.438. The Balaban J connectivity index is 1.50. The molecule has 0 saturated heterocycles. The van der Waals surface area contributed by atoms with Gasteiger partial charge in [-0.15, -0.1) is 0 Å². The van der Waals surface area contributed by atoms with E-state index in [0.717, 1.165) is 11.6 Å². The summed E-state index contributed by atoms with van der Waals surface area (Å²) >= 11 is 0. The Labute approximate surface area is 189 Å². The van der Waals surface area contributed by atoms with Crippen LogP contribution in [0, 0.1) is 18.6 Å². The number of halogens is 2. The highest BCUT2D eigenvalue weighted by atomic mass is 19.1. The van der Waals surface area contributed by atoms with Crippen molar-refractivity contribution in [2.75, 3.05) is 10.6 Å². The Morgan fingerprint density at radius 1 is 1.15 bits per heavy atom. The summed E-state index contributed by atoms with van der Waals surface area (Å²) in [7, 11) is 0. The van der Waals surface area contributed by atoms with E-state index in [-0.39, 0.29) is 17.7 Å². The van der Waals surface area contributed by atoms with E-state index >= 15 is 0 Å². The molecule has 0 saturated carbocycles. The molecule has 0 aliphatic heterocycles. The van der Waals surface area contributed by atoms with Crippen LogP contribution in [0.15, 0.2) is 42.9 Å². The van der Waals surface area contributed by atoms with E-state index in [0.29, 0.717) is 29.2 Å². The number of benzene rings is 1. The van der Waals surface area contributed by atoms with Gasteiger partial charge in [-0.05, 0) is 38.5 Å². The smallest absolute Gasteiger partial charge is 0.230 e. The number of amides is 1. The van der Waals surface area contributed by atoms with Crippen LogP contribution in [-0.2, 0) is 17.8 Å². The molecule has 0 spiro atoms. The molecule has 1 amide bonds. The largest absolute Gasteiger partial charge is 0.362 e. The molecule has 170 valence electrons. The van der Waals surface area contributed by atoms with Crippen LogP contribution in [0.3, 0.4) is 0 Å². The zero-order valence-electron chi connectivity index (χ0n) is 18.4. The molecule has 0 unspecified atom stereocenters. The van der Waals surface area contributed by atoms with Gasteiger partial charge in [-0.25, -0.2) is 18.7 Å². The topological polar surface area (TPSA) is 97.6 Å². The summed E-state index contributed by atoms with van der Waals surface area (Å²) in [5, 5.41) is 9.87. The van der Waals surface area contributed by atoms with Crippen LogP contribution < -0.4 is 10.6 Å². The summed E-state index contributed by atoms with van der Waals surface area (Å²) in [5.41, 5.74) is 2.69. The lowest BCUT2D eigenvalue weighted by atomic mass is 10.1. The van der Waals surface area contributed by atoms with Gasteiger partial charge in [-0.1, -0.05) is 6.07 Å². The van der Waals surface area contributed by atoms with Crippen molar-refractivity contribution in [2.45, 2.75) is 39.8 Å². The second kappa shape index (κ2) is 9.27. The molecule has 1 atom stereocenters. The van der Waals surface area contributed by atoms with E-state index in [9.17, 15) is 13.6 Å². The first-order valence-corrected chi connectivity index (χ1v) is 10.5. The maximum Gasteiger partial charge on any atom is 0.230 e. The van der Waals surface area contributed by atoms with Crippen LogP contribution in [0.2, 0.25) is 0 Å². The Morgan fingerprint density at radius 3 is 2.70 bits per heavy atom. The lowest BCUT2D eigenvalue weighted by Crippen LogP contribution is -2.17. The number of rotatable bonds is 7. The molecule has 0 fully saturated rings. The van der Waals surface area contributed by atoms with Crippen molar-refractivity contribution >= 4 is 28.6 Å². The van der Waals surface area contributed by atoms with Crippen molar-refractivity contribution in [1.29, 1.82) is 0 Å². The summed E-state index contributed by atoms with van der Waals surface area (Å²) in [6.45, 7) is 6.24. The Hall–Kier alpha value is -3.95. The van der Waals surface area contributed by atoms with Crippen LogP contribution in [0.5, 0.6) is 0 Å². The summed E-state index contributed by atoms with van der Waals surface area (Å²) in [6.07, 6.45) is 4.94. The first-order chi connectivity index (χ1) is 15.8. The summed E-state index contributed by atoms with van der Waals surface area (Å²) in [5.74, 6) is -1.66. The molecule has 2 N–H and O–H groups in total. The molecule has 4 aromatic rings. The highest BCUT2D eigenvalue weighted by molar-refractivity contribution is 5.92. The highest BCUT2D eigenvalue weighted by Gasteiger charge is 2.18. The van der Waals surface area contributed by atoms with Gasteiger partial charge in [0.2, 0.25) is 11.6 Å². The first-order valence-electron chi connectivity index (χ1n) is 10.5. The Bertz CT molecular complexity index is 1300. The van der Waals surface area contributed by atoms with Gasteiger partial charge in [-0.2, -0.15) is 5.10 Å². The second-order valence-corrected chi connectivity index (χ2v) is 7.72. The maximum atomic E-state index is 14.6. The molecule has 0 radical (unpaired) electrons. The molecule has 33 heavy (non-hydrogen) atoms. The number of pyridine rings is 1. The van der Waals surface area contributed by atoms with Gasteiger partial charge in [0.05, 0.1) is 30.5 Å². The lowest BCUT2D eigenvalue weighted by molar-refractivity contribution is -0.115. The minimum atomic E-state index is -0.861. The predicted molar refractivity (Wildman–Crippen MR) is 121 cm³/mol. The number of carbonyl (C=O) groups excluding carboxylic acids is 1. The molecule has 3 aromatic heterocycles. The van der Waals surface area contributed by atoms with E-state index in [1.165, 1.54) is 12.3 Å². The predicted octanol–water partition coefficient (Wildman–Crippen LogP) is 4.18. The van der Waals surface area contributed by atoms with E-state index in [1.807, 2.05) is 19.9 Å². The number of carbonyl (C=O) groups is 1.